The van der Waals surface area contributed by atoms with Crippen molar-refractivity contribution in [2.24, 2.45) is 7.05 Å². The van der Waals surface area contributed by atoms with E-state index < -0.39 is 0 Å². The summed E-state index contributed by atoms with van der Waals surface area (Å²) >= 11 is 0. The van der Waals surface area contributed by atoms with E-state index in [1.807, 2.05) is 41.1 Å². The van der Waals surface area contributed by atoms with Gasteiger partial charge in [0, 0.05) is 31.2 Å². The molecule has 5 rings (SSSR count). The Bertz CT molecular complexity index is 1060. The van der Waals surface area contributed by atoms with Crippen LogP contribution in [-0.4, -0.2) is 29.4 Å². The van der Waals surface area contributed by atoms with E-state index in [4.69, 9.17) is 4.98 Å². The summed E-state index contributed by atoms with van der Waals surface area (Å²) in [5.74, 6) is 1.47. The van der Waals surface area contributed by atoms with Crippen molar-refractivity contribution in [3.63, 3.8) is 0 Å². The summed E-state index contributed by atoms with van der Waals surface area (Å²) < 4.78 is 3.59. The lowest BCUT2D eigenvalue weighted by Crippen LogP contribution is -2.35. The number of hydrazine groups is 2. The smallest absolute Gasteiger partial charge is 0.190 e. The van der Waals surface area contributed by atoms with Gasteiger partial charge in [0.05, 0.1) is 30.1 Å². The fraction of sp³-hybridized carbons (Fsp3) is 0.125. The van der Waals surface area contributed by atoms with Gasteiger partial charge in [0.1, 0.15) is 0 Å². The van der Waals surface area contributed by atoms with Crippen molar-refractivity contribution in [3.05, 3.63) is 54.7 Å². The zero-order chi connectivity index (χ0) is 16.8. The molecule has 0 unspecified atom stereocenters. The molecule has 0 saturated carbocycles. The number of pyridine rings is 1. The van der Waals surface area contributed by atoms with Crippen LogP contribution in [0.2, 0.25) is 0 Å². The molecule has 4 aromatic rings. The third kappa shape index (κ3) is 2.37. The molecule has 0 amide bonds. The Labute approximate surface area is 142 Å². The van der Waals surface area contributed by atoms with E-state index in [0.29, 0.717) is 12.4 Å². The lowest BCUT2D eigenvalue weighted by atomic mass is 10.2. The number of rotatable bonds is 3. The van der Waals surface area contributed by atoms with Gasteiger partial charge in [-0.3, -0.25) is 15.1 Å². The van der Waals surface area contributed by atoms with Crippen molar-refractivity contribution in [2.75, 3.05) is 10.4 Å². The van der Waals surface area contributed by atoms with Crippen molar-refractivity contribution in [2.45, 2.75) is 6.54 Å². The Morgan fingerprint density at radius 1 is 1.16 bits per heavy atom. The molecule has 4 aromatic heterocycles. The zero-order valence-corrected chi connectivity index (χ0v) is 13.5. The van der Waals surface area contributed by atoms with Gasteiger partial charge in [0.2, 0.25) is 0 Å². The van der Waals surface area contributed by atoms with Gasteiger partial charge < -0.3 is 0 Å². The molecule has 0 spiro atoms. The van der Waals surface area contributed by atoms with E-state index in [0.717, 1.165) is 28.2 Å². The highest BCUT2D eigenvalue weighted by Crippen LogP contribution is 2.28. The first-order valence-corrected chi connectivity index (χ1v) is 7.84. The molecule has 0 saturated heterocycles. The maximum Gasteiger partial charge on any atom is 0.190 e. The van der Waals surface area contributed by atoms with E-state index >= 15 is 0 Å². The lowest BCUT2D eigenvalue weighted by Gasteiger charge is -2.17. The van der Waals surface area contributed by atoms with Crippen LogP contribution in [-0.2, 0) is 13.6 Å². The fourth-order valence-electron chi connectivity index (χ4n) is 2.88. The summed E-state index contributed by atoms with van der Waals surface area (Å²) in [4.78, 5) is 9.18. The first-order valence-electron chi connectivity index (χ1n) is 7.84. The highest BCUT2D eigenvalue weighted by molar-refractivity contribution is 5.69. The minimum atomic E-state index is 0.646. The standard InChI is InChI=1S/C16H15N9/c1-23-10-12(7-19-23)14-8-17-15-16(20-14)25(22-21-15)9-11-3-5-24-13(6-11)2-4-18-24/h2-8,10,22H,9H2,1H3,(H,17,21). The summed E-state index contributed by atoms with van der Waals surface area (Å²) in [5.41, 5.74) is 10.1. The summed E-state index contributed by atoms with van der Waals surface area (Å²) in [7, 11) is 1.88. The predicted molar refractivity (Wildman–Crippen MR) is 92.4 cm³/mol. The zero-order valence-electron chi connectivity index (χ0n) is 13.5. The molecule has 9 nitrogen and oxygen atoms in total. The second-order valence-corrected chi connectivity index (χ2v) is 5.89. The summed E-state index contributed by atoms with van der Waals surface area (Å²) in [6.45, 7) is 0.646. The normalized spacial score (nSPS) is 13.2. The molecule has 9 heteroatoms. The van der Waals surface area contributed by atoms with Gasteiger partial charge in [0.15, 0.2) is 11.6 Å². The monoisotopic (exact) mass is 333 g/mol. The highest BCUT2D eigenvalue weighted by Gasteiger charge is 2.22. The Morgan fingerprint density at radius 3 is 3.00 bits per heavy atom. The SMILES string of the molecule is Cn1cc(-c2cnc3c(n2)N(Cc2ccn4nccc4c2)NN3)cn1. The Kier molecular flexibility index (Phi) is 2.94. The van der Waals surface area contributed by atoms with E-state index in [2.05, 4.69) is 32.2 Å². The van der Waals surface area contributed by atoms with Crippen LogP contribution in [0.5, 0.6) is 0 Å². The molecule has 1 aliphatic rings. The quantitative estimate of drug-likeness (QED) is 0.585. The van der Waals surface area contributed by atoms with Gasteiger partial charge in [-0.15, -0.1) is 5.53 Å². The average molecular weight is 333 g/mol. The predicted octanol–water partition coefficient (Wildman–Crippen LogP) is 1.38. The van der Waals surface area contributed by atoms with Crippen LogP contribution in [0.3, 0.4) is 0 Å². The van der Waals surface area contributed by atoms with Crippen molar-refractivity contribution in [1.82, 2.24) is 34.9 Å². The molecule has 1 aliphatic heterocycles. The van der Waals surface area contributed by atoms with E-state index in [1.165, 1.54) is 0 Å². The van der Waals surface area contributed by atoms with Gasteiger partial charge in [-0.25, -0.2) is 14.5 Å². The number of nitrogens with one attached hydrogen (secondary N) is 2. The molecular weight excluding hydrogens is 318 g/mol. The van der Waals surface area contributed by atoms with Crippen LogP contribution in [0.4, 0.5) is 11.6 Å². The molecule has 0 aromatic carbocycles. The Balaban J connectivity index is 1.47. The summed E-state index contributed by atoms with van der Waals surface area (Å²) in [6, 6.07) is 6.12. The fourth-order valence-corrected chi connectivity index (χ4v) is 2.88. The number of hydrogen-bond donors (Lipinski definition) is 2. The van der Waals surface area contributed by atoms with Crippen molar-refractivity contribution >= 4 is 17.2 Å². The second kappa shape index (κ2) is 5.28. The lowest BCUT2D eigenvalue weighted by molar-refractivity contribution is 0.716. The minimum Gasteiger partial charge on any atom is -0.285 e. The van der Waals surface area contributed by atoms with Crippen LogP contribution < -0.4 is 16.0 Å². The molecule has 0 fully saturated rings. The molecule has 25 heavy (non-hydrogen) atoms. The van der Waals surface area contributed by atoms with Gasteiger partial charge in [-0.2, -0.15) is 10.2 Å². The Hall–Kier alpha value is -3.46. The van der Waals surface area contributed by atoms with Gasteiger partial charge in [-0.05, 0) is 23.8 Å². The van der Waals surface area contributed by atoms with Crippen LogP contribution in [0.1, 0.15) is 5.56 Å². The largest absolute Gasteiger partial charge is 0.285 e. The number of anilines is 2. The molecule has 0 aliphatic carbocycles. The molecule has 0 bridgehead atoms. The maximum absolute atomic E-state index is 4.73. The average Bonchev–Trinajstić information content (AvgIpc) is 3.34. The second-order valence-electron chi connectivity index (χ2n) is 5.89. The number of aryl methyl sites for hydroxylation is 1. The molecule has 0 atom stereocenters. The van der Waals surface area contributed by atoms with Crippen LogP contribution in [0.15, 0.2) is 49.2 Å². The highest BCUT2D eigenvalue weighted by atomic mass is 15.7. The Morgan fingerprint density at radius 2 is 2.12 bits per heavy atom. The topological polar surface area (TPSA) is 88.2 Å². The van der Waals surface area contributed by atoms with Crippen LogP contribution in [0, 0.1) is 0 Å². The molecule has 0 radical (unpaired) electrons. The first-order chi connectivity index (χ1) is 12.3. The van der Waals surface area contributed by atoms with Crippen LogP contribution in [0.25, 0.3) is 16.8 Å². The minimum absolute atomic E-state index is 0.646. The van der Waals surface area contributed by atoms with Crippen molar-refractivity contribution in [3.8, 4) is 11.3 Å². The molecule has 5 heterocycles. The van der Waals surface area contributed by atoms with Crippen molar-refractivity contribution < 1.29 is 0 Å². The van der Waals surface area contributed by atoms with Crippen LogP contribution >= 0.6 is 0 Å². The van der Waals surface area contributed by atoms with Gasteiger partial charge in [-0.1, -0.05) is 0 Å². The summed E-state index contributed by atoms with van der Waals surface area (Å²) in [5, 5.41) is 10.3. The number of nitrogens with zero attached hydrogens (tertiary/aromatic N) is 7. The van der Waals surface area contributed by atoms with Gasteiger partial charge >= 0.3 is 0 Å². The first kappa shape index (κ1) is 13.9. The number of hydrogen-bond acceptors (Lipinski definition) is 7. The number of aromatic nitrogens is 6. The number of fused-ring (bicyclic) bond motifs is 2. The summed E-state index contributed by atoms with van der Waals surface area (Å²) in [6.07, 6.45) is 9.18. The molecule has 2 N–H and O–H groups in total. The van der Waals surface area contributed by atoms with E-state index in [-0.39, 0.29) is 0 Å². The maximum atomic E-state index is 4.73. The van der Waals surface area contributed by atoms with E-state index in [1.54, 1.807) is 23.3 Å². The van der Waals surface area contributed by atoms with E-state index in [9.17, 15) is 0 Å². The molecule has 124 valence electrons. The third-order valence-corrected chi connectivity index (χ3v) is 4.12. The van der Waals surface area contributed by atoms with Gasteiger partial charge in [0.25, 0.3) is 0 Å². The third-order valence-electron chi connectivity index (χ3n) is 4.12. The molecular formula is C16H15N9. The van der Waals surface area contributed by atoms with Crippen molar-refractivity contribution in [1.29, 1.82) is 0 Å².